The monoisotopic (exact) mass is 213 g/mol. The van der Waals surface area contributed by atoms with Crippen LogP contribution < -0.4 is 4.72 Å². The van der Waals surface area contributed by atoms with Crippen molar-refractivity contribution >= 4 is 17.9 Å². The molecule has 1 aromatic heterocycles. The standard InChI is InChI=1S/C7H11N5OS/c1-6-8-10-11-12(6)5-3-4-7(13)9-14-2/h3-4H,5H2,1-2H3,(H,9,13)/b4-3+. The third-order valence-electron chi connectivity index (χ3n) is 1.46. The molecule has 0 saturated carbocycles. The van der Waals surface area contributed by atoms with E-state index < -0.39 is 0 Å². The summed E-state index contributed by atoms with van der Waals surface area (Å²) in [5.74, 6) is 0.586. The zero-order valence-corrected chi connectivity index (χ0v) is 8.78. The molecule has 0 aromatic carbocycles. The van der Waals surface area contributed by atoms with Crippen LogP contribution in [-0.4, -0.2) is 32.4 Å². The van der Waals surface area contributed by atoms with Crippen LogP contribution >= 0.6 is 11.9 Å². The van der Waals surface area contributed by atoms with Gasteiger partial charge in [-0.1, -0.05) is 18.0 Å². The number of aryl methyl sites for hydroxylation is 1. The molecule has 0 fully saturated rings. The summed E-state index contributed by atoms with van der Waals surface area (Å²) < 4.78 is 4.17. The van der Waals surface area contributed by atoms with Crippen molar-refractivity contribution in [3.8, 4) is 0 Å². The number of rotatable bonds is 4. The molecule has 0 saturated heterocycles. The lowest BCUT2D eigenvalue weighted by Gasteiger charge is -1.95. The molecule has 0 radical (unpaired) electrons. The lowest BCUT2D eigenvalue weighted by molar-refractivity contribution is -0.114. The van der Waals surface area contributed by atoms with Crippen molar-refractivity contribution in [3.63, 3.8) is 0 Å². The normalized spacial score (nSPS) is 10.7. The van der Waals surface area contributed by atoms with Crippen molar-refractivity contribution in [2.45, 2.75) is 13.5 Å². The first-order valence-corrected chi connectivity index (χ1v) is 5.18. The van der Waals surface area contributed by atoms with E-state index in [0.717, 1.165) is 5.82 Å². The summed E-state index contributed by atoms with van der Waals surface area (Å²) in [5.41, 5.74) is 0. The maximum Gasteiger partial charge on any atom is 0.253 e. The predicted octanol–water partition coefficient (Wildman–Crippen LogP) is -0.0681. The van der Waals surface area contributed by atoms with Gasteiger partial charge in [-0.2, -0.15) is 0 Å². The first-order chi connectivity index (χ1) is 6.74. The van der Waals surface area contributed by atoms with Crippen molar-refractivity contribution < 1.29 is 4.79 Å². The lowest BCUT2D eigenvalue weighted by atomic mass is 10.5. The highest BCUT2D eigenvalue weighted by atomic mass is 32.2. The van der Waals surface area contributed by atoms with E-state index in [4.69, 9.17) is 0 Å². The molecule has 14 heavy (non-hydrogen) atoms. The van der Waals surface area contributed by atoms with E-state index in [9.17, 15) is 4.79 Å². The molecule has 76 valence electrons. The van der Waals surface area contributed by atoms with Crippen LogP contribution in [0.5, 0.6) is 0 Å². The summed E-state index contributed by atoms with van der Waals surface area (Å²) >= 11 is 1.26. The van der Waals surface area contributed by atoms with E-state index in [1.165, 1.54) is 18.0 Å². The number of amides is 1. The number of tetrazole rings is 1. The summed E-state index contributed by atoms with van der Waals surface area (Å²) in [6, 6.07) is 0. The van der Waals surface area contributed by atoms with E-state index in [-0.39, 0.29) is 5.91 Å². The molecule has 6 nitrogen and oxygen atoms in total. The van der Waals surface area contributed by atoms with Crippen LogP contribution in [0.3, 0.4) is 0 Å². The third-order valence-corrected chi connectivity index (χ3v) is 1.87. The fourth-order valence-electron chi connectivity index (χ4n) is 0.812. The fourth-order valence-corrected chi connectivity index (χ4v) is 1.08. The molecule has 1 rings (SSSR count). The number of hydrogen-bond acceptors (Lipinski definition) is 5. The molecule has 0 aliphatic carbocycles. The molecule has 0 bridgehead atoms. The third kappa shape index (κ3) is 3.17. The molecule has 7 heteroatoms. The molecule has 1 N–H and O–H groups in total. The van der Waals surface area contributed by atoms with Gasteiger partial charge in [-0.25, -0.2) is 4.68 Å². The van der Waals surface area contributed by atoms with Crippen LogP contribution in [-0.2, 0) is 11.3 Å². The van der Waals surface area contributed by atoms with Gasteiger partial charge in [0.1, 0.15) is 5.82 Å². The van der Waals surface area contributed by atoms with Crippen molar-refractivity contribution in [1.82, 2.24) is 24.9 Å². The van der Waals surface area contributed by atoms with Gasteiger partial charge in [0.25, 0.3) is 5.91 Å². The van der Waals surface area contributed by atoms with E-state index in [0.29, 0.717) is 6.54 Å². The van der Waals surface area contributed by atoms with Gasteiger partial charge in [-0.05, 0) is 17.4 Å². The Kier molecular flexibility index (Phi) is 4.11. The van der Waals surface area contributed by atoms with Gasteiger partial charge >= 0.3 is 0 Å². The average Bonchev–Trinajstić information content (AvgIpc) is 2.52. The summed E-state index contributed by atoms with van der Waals surface area (Å²) in [5, 5.41) is 10.9. The highest BCUT2D eigenvalue weighted by Crippen LogP contribution is 1.90. The van der Waals surface area contributed by atoms with E-state index in [1.807, 2.05) is 0 Å². The van der Waals surface area contributed by atoms with Crippen LogP contribution in [0.15, 0.2) is 12.2 Å². The second-order valence-corrected chi connectivity index (χ2v) is 3.09. The van der Waals surface area contributed by atoms with Crippen LogP contribution in [0, 0.1) is 6.92 Å². The molecule has 0 spiro atoms. The number of aromatic nitrogens is 4. The number of hydrogen-bond donors (Lipinski definition) is 1. The smallest absolute Gasteiger partial charge is 0.253 e. The summed E-state index contributed by atoms with van der Waals surface area (Å²) in [6.45, 7) is 2.30. The Labute approximate surface area is 85.9 Å². The second kappa shape index (κ2) is 5.38. The van der Waals surface area contributed by atoms with Crippen LogP contribution in [0.1, 0.15) is 5.82 Å². The van der Waals surface area contributed by atoms with Gasteiger partial charge in [-0.3, -0.25) is 9.52 Å². The van der Waals surface area contributed by atoms with Gasteiger partial charge in [0.2, 0.25) is 0 Å². The first kappa shape index (κ1) is 10.7. The molecule has 0 atom stereocenters. The van der Waals surface area contributed by atoms with Crippen LogP contribution in [0.25, 0.3) is 0 Å². The van der Waals surface area contributed by atoms with Crippen molar-refractivity contribution in [2.24, 2.45) is 0 Å². The number of nitrogens with one attached hydrogen (secondary N) is 1. The zero-order chi connectivity index (χ0) is 10.4. The van der Waals surface area contributed by atoms with Crippen LogP contribution in [0.4, 0.5) is 0 Å². The largest absolute Gasteiger partial charge is 0.297 e. The van der Waals surface area contributed by atoms with E-state index in [2.05, 4.69) is 20.2 Å². The Morgan fingerprint density at radius 1 is 1.71 bits per heavy atom. The molecule has 1 heterocycles. The van der Waals surface area contributed by atoms with Gasteiger partial charge in [-0.15, -0.1) is 5.10 Å². The maximum atomic E-state index is 11.0. The van der Waals surface area contributed by atoms with Gasteiger partial charge in [0.05, 0.1) is 6.54 Å². The summed E-state index contributed by atoms with van der Waals surface area (Å²) in [6.07, 6.45) is 4.95. The molecular weight excluding hydrogens is 202 g/mol. The first-order valence-electron chi connectivity index (χ1n) is 3.96. The second-order valence-electron chi connectivity index (χ2n) is 2.48. The minimum Gasteiger partial charge on any atom is -0.297 e. The molecule has 0 aliphatic rings. The fraction of sp³-hybridized carbons (Fsp3) is 0.429. The molecule has 1 aromatic rings. The van der Waals surface area contributed by atoms with Crippen molar-refractivity contribution in [3.05, 3.63) is 18.0 Å². The molecule has 0 aliphatic heterocycles. The Balaban J connectivity index is 2.41. The quantitative estimate of drug-likeness (QED) is 0.560. The number of nitrogens with zero attached hydrogens (tertiary/aromatic N) is 4. The topological polar surface area (TPSA) is 72.7 Å². The lowest BCUT2D eigenvalue weighted by Crippen LogP contribution is -2.11. The van der Waals surface area contributed by atoms with Gasteiger partial charge < -0.3 is 0 Å². The SMILES string of the molecule is CSNC(=O)/C=C/Cn1nnnc1C. The van der Waals surface area contributed by atoms with Crippen molar-refractivity contribution in [2.75, 3.05) is 6.26 Å². The number of carbonyl (C=O) groups is 1. The molecule has 0 unspecified atom stereocenters. The molecular formula is C7H11N5OS. The van der Waals surface area contributed by atoms with Gasteiger partial charge in [0, 0.05) is 12.3 Å². The van der Waals surface area contributed by atoms with E-state index in [1.54, 1.807) is 23.9 Å². The minimum absolute atomic E-state index is 0.136. The summed E-state index contributed by atoms with van der Waals surface area (Å²) in [4.78, 5) is 11.0. The van der Waals surface area contributed by atoms with Crippen LogP contribution in [0.2, 0.25) is 0 Å². The van der Waals surface area contributed by atoms with Crippen molar-refractivity contribution in [1.29, 1.82) is 0 Å². The highest BCUT2D eigenvalue weighted by molar-refractivity contribution is 7.97. The Morgan fingerprint density at radius 2 is 2.50 bits per heavy atom. The Morgan fingerprint density at radius 3 is 3.07 bits per heavy atom. The Bertz CT molecular complexity index is 335. The zero-order valence-electron chi connectivity index (χ0n) is 7.97. The number of carbonyl (C=O) groups excluding carboxylic acids is 1. The highest BCUT2D eigenvalue weighted by Gasteiger charge is 1.96. The minimum atomic E-state index is -0.136. The Hall–Kier alpha value is -1.37. The summed E-state index contributed by atoms with van der Waals surface area (Å²) in [7, 11) is 0. The maximum absolute atomic E-state index is 11.0. The molecule has 1 amide bonds. The van der Waals surface area contributed by atoms with Gasteiger partial charge in [0.15, 0.2) is 0 Å². The predicted molar refractivity (Wildman–Crippen MR) is 53.4 cm³/mol. The number of allylic oxidation sites excluding steroid dienone is 1. The van der Waals surface area contributed by atoms with E-state index >= 15 is 0 Å². The average molecular weight is 213 g/mol.